The van der Waals surface area contributed by atoms with Gasteiger partial charge in [-0.15, -0.1) is 0 Å². The highest BCUT2D eigenvalue weighted by Crippen LogP contribution is 2.16. The second-order valence-corrected chi connectivity index (χ2v) is 4.45. The zero-order chi connectivity index (χ0) is 11.4. The van der Waals surface area contributed by atoms with E-state index in [1.807, 2.05) is 0 Å². The number of thiophene rings is 1. The van der Waals surface area contributed by atoms with E-state index in [1.165, 1.54) is 17.8 Å². The van der Waals surface area contributed by atoms with Crippen LogP contribution < -0.4 is 5.32 Å². The highest BCUT2D eigenvalue weighted by molar-refractivity contribution is 7.07. The number of pyridine rings is 1. The molecule has 2 rings (SSSR count). The Morgan fingerprint density at radius 3 is 3.06 bits per heavy atom. The fourth-order valence-corrected chi connectivity index (χ4v) is 2.22. The van der Waals surface area contributed by atoms with Crippen LogP contribution in [0.4, 0.5) is 4.39 Å². The van der Waals surface area contributed by atoms with Crippen LogP contribution in [0, 0.1) is 5.82 Å². The van der Waals surface area contributed by atoms with Gasteiger partial charge in [0.25, 0.3) is 0 Å². The molecule has 84 valence electrons. The van der Waals surface area contributed by atoms with Crippen LogP contribution >= 0.6 is 11.3 Å². The average Bonchev–Trinajstić information content (AvgIpc) is 2.79. The Labute approximate surface area is 98.2 Å². The summed E-state index contributed by atoms with van der Waals surface area (Å²) in [6.45, 7) is 2.72. The summed E-state index contributed by atoms with van der Waals surface area (Å²) in [6.07, 6.45) is 2.89. The summed E-state index contributed by atoms with van der Waals surface area (Å²) in [5, 5.41) is 7.49. The Balaban J connectivity index is 1.92. The molecular weight excluding hydrogens is 223 g/mol. The molecule has 1 atom stereocenters. The van der Waals surface area contributed by atoms with Crippen molar-refractivity contribution in [1.82, 2.24) is 10.3 Å². The van der Waals surface area contributed by atoms with E-state index in [4.69, 9.17) is 0 Å². The van der Waals surface area contributed by atoms with Crippen molar-refractivity contribution >= 4 is 11.3 Å². The maximum atomic E-state index is 12.9. The maximum absolute atomic E-state index is 12.9. The van der Waals surface area contributed by atoms with E-state index in [2.05, 4.69) is 34.1 Å². The van der Waals surface area contributed by atoms with Crippen LogP contribution in [-0.4, -0.2) is 4.98 Å². The number of nitrogens with one attached hydrogen (secondary N) is 1. The number of hydrogen-bond acceptors (Lipinski definition) is 3. The lowest BCUT2D eigenvalue weighted by atomic mass is 10.1. The molecule has 1 N–H and O–H groups in total. The number of aromatic nitrogens is 1. The van der Waals surface area contributed by atoms with Crippen LogP contribution in [0.25, 0.3) is 0 Å². The first-order valence-corrected chi connectivity index (χ1v) is 6.05. The fraction of sp³-hybridized carbons (Fsp3) is 0.250. The summed E-state index contributed by atoms with van der Waals surface area (Å²) in [6, 6.07) is 3.86. The molecule has 0 saturated heterocycles. The summed E-state index contributed by atoms with van der Waals surface area (Å²) in [5.41, 5.74) is 2.12. The van der Waals surface area contributed by atoms with Crippen LogP contribution in [0.5, 0.6) is 0 Å². The Kier molecular flexibility index (Phi) is 3.64. The standard InChI is InChI=1S/C12H13FN2S/c1-9(11-2-3-16-8-11)15-6-10-4-12(13)7-14-5-10/h2-5,7-9,15H,6H2,1H3. The van der Waals surface area contributed by atoms with Gasteiger partial charge in [0, 0.05) is 18.8 Å². The average molecular weight is 236 g/mol. The molecule has 2 aromatic heterocycles. The number of halogens is 1. The van der Waals surface area contributed by atoms with E-state index < -0.39 is 0 Å². The lowest BCUT2D eigenvalue weighted by Gasteiger charge is -2.12. The van der Waals surface area contributed by atoms with Gasteiger partial charge in [0.15, 0.2) is 0 Å². The zero-order valence-corrected chi connectivity index (χ0v) is 9.80. The minimum absolute atomic E-state index is 0.273. The molecule has 0 aliphatic heterocycles. The zero-order valence-electron chi connectivity index (χ0n) is 8.98. The molecule has 0 amide bonds. The Morgan fingerprint density at radius 2 is 2.38 bits per heavy atom. The molecule has 0 radical (unpaired) electrons. The minimum atomic E-state index is -0.289. The monoisotopic (exact) mass is 236 g/mol. The third kappa shape index (κ3) is 2.87. The molecular formula is C12H13FN2S. The topological polar surface area (TPSA) is 24.9 Å². The molecule has 0 aromatic carbocycles. The molecule has 2 heterocycles. The van der Waals surface area contributed by atoms with Crippen LogP contribution in [0.15, 0.2) is 35.3 Å². The maximum Gasteiger partial charge on any atom is 0.141 e. The van der Waals surface area contributed by atoms with Gasteiger partial charge in [-0.1, -0.05) is 0 Å². The van der Waals surface area contributed by atoms with Crippen molar-refractivity contribution in [3.8, 4) is 0 Å². The molecule has 0 saturated carbocycles. The van der Waals surface area contributed by atoms with E-state index in [9.17, 15) is 4.39 Å². The Hall–Kier alpha value is -1.26. The second kappa shape index (κ2) is 5.18. The number of rotatable bonds is 4. The highest BCUT2D eigenvalue weighted by Gasteiger charge is 2.05. The molecule has 2 nitrogen and oxygen atoms in total. The molecule has 0 spiro atoms. The summed E-state index contributed by atoms with van der Waals surface area (Å²) in [5.74, 6) is -0.289. The van der Waals surface area contributed by atoms with E-state index in [-0.39, 0.29) is 11.9 Å². The smallest absolute Gasteiger partial charge is 0.141 e. The lowest BCUT2D eigenvalue weighted by molar-refractivity contribution is 0.568. The van der Waals surface area contributed by atoms with Gasteiger partial charge >= 0.3 is 0 Å². The normalized spacial score (nSPS) is 12.6. The van der Waals surface area contributed by atoms with Crippen molar-refractivity contribution in [3.05, 3.63) is 52.2 Å². The molecule has 0 aliphatic rings. The van der Waals surface area contributed by atoms with Crippen molar-refractivity contribution in [2.24, 2.45) is 0 Å². The van der Waals surface area contributed by atoms with Crippen molar-refractivity contribution < 1.29 is 4.39 Å². The SMILES string of the molecule is CC(NCc1cncc(F)c1)c1ccsc1. The van der Waals surface area contributed by atoms with Crippen LogP contribution in [0.1, 0.15) is 24.1 Å². The van der Waals surface area contributed by atoms with Crippen molar-refractivity contribution in [1.29, 1.82) is 0 Å². The lowest BCUT2D eigenvalue weighted by Crippen LogP contribution is -2.17. The molecule has 0 aliphatic carbocycles. The van der Waals surface area contributed by atoms with Gasteiger partial charge in [0.1, 0.15) is 5.82 Å². The highest BCUT2D eigenvalue weighted by atomic mass is 32.1. The molecule has 0 bridgehead atoms. The quantitative estimate of drug-likeness (QED) is 0.882. The van der Waals surface area contributed by atoms with E-state index in [1.54, 1.807) is 17.5 Å². The number of hydrogen-bond donors (Lipinski definition) is 1. The van der Waals surface area contributed by atoms with Gasteiger partial charge in [-0.3, -0.25) is 4.98 Å². The summed E-state index contributed by atoms with van der Waals surface area (Å²) < 4.78 is 12.9. The largest absolute Gasteiger partial charge is 0.306 e. The molecule has 0 fully saturated rings. The molecule has 4 heteroatoms. The number of nitrogens with zero attached hydrogens (tertiary/aromatic N) is 1. The molecule has 1 unspecified atom stereocenters. The fourth-order valence-electron chi connectivity index (χ4n) is 1.46. The van der Waals surface area contributed by atoms with Crippen LogP contribution in [0.3, 0.4) is 0 Å². The minimum Gasteiger partial charge on any atom is -0.306 e. The predicted octanol–water partition coefficient (Wildman–Crippen LogP) is 3.13. The van der Waals surface area contributed by atoms with Crippen LogP contribution in [0.2, 0.25) is 0 Å². The van der Waals surface area contributed by atoms with Gasteiger partial charge in [-0.05, 0) is 40.9 Å². The molecule has 2 aromatic rings. The van der Waals surface area contributed by atoms with Gasteiger partial charge in [-0.25, -0.2) is 4.39 Å². The van der Waals surface area contributed by atoms with Crippen molar-refractivity contribution in [2.45, 2.75) is 19.5 Å². The summed E-state index contributed by atoms with van der Waals surface area (Å²) >= 11 is 1.68. The van der Waals surface area contributed by atoms with Crippen molar-refractivity contribution in [3.63, 3.8) is 0 Å². The van der Waals surface area contributed by atoms with E-state index in [0.29, 0.717) is 6.54 Å². The summed E-state index contributed by atoms with van der Waals surface area (Å²) in [4.78, 5) is 3.81. The van der Waals surface area contributed by atoms with E-state index in [0.717, 1.165) is 5.56 Å². The first-order valence-electron chi connectivity index (χ1n) is 5.10. The van der Waals surface area contributed by atoms with Crippen molar-refractivity contribution in [2.75, 3.05) is 0 Å². The third-order valence-electron chi connectivity index (χ3n) is 2.42. The van der Waals surface area contributed by atoms with E-state index >= 15 is 0 Å². The Morgan fingerprint density at radius 1 is 1.50 bits per heavy atom. The van der Waals surface area contributed by atoms with Gasteiger partial charge in [0.05, 0.1) is 6.20 Å². The first-order chi connectivity index (χ1) is 7.75. The second-order valence-electron chi connectivity index (χ2n) is 3.67. The first kappa shape index (κ1) is 11.2. The van der Waals surface area contributed by atoms with Gasteiger partial charge in [-0.2, -0.15) is 11.3 Å². The van der Waals surface area contributed by atoms with Gasteiger partial charge < -0.3 is 5.32 Å². The third-order valence-corrected chi connectivity index (χ3v) is 3.12. The van der Waals surface area contributed by atoms with Crippen LogP contribution in [-0.2, 0) is 6.54 Å². The predicted molar refractivity (Wildman–Crippen MR) is 63.8 cm³/mol. The summed E-state index contributed by atoms with van der Waals surface area (Å²) in [7, 11) is 0. The Bertz CT molecular complexity index is 442. The molecule has 16 heavy (non-hydrogen) atoms. The van der Waals surface area contributed by atoms with Gasteiger partial charge in [0.2, 0.25) is 0 Å².